The maximum Gasteiger partial charge on any atom is 0.372 e. The lowest BCUT2D eigenvalue weighted by molar-refractivity contribution is -0.149. The smallest absolute Gasteiger partial charge is 0.372 e. The Kier molecular flexibility index (Phi) is 5.69. The first-order chi connectivity index (χ1) is 8.95. The first-order valence-electron chi connectivity index (χ1n) is 5.65. The lowest BCUT2D eigenvalue weighted by Gasteiger charge is -2.11. The van der Waals surface area contributed by atoms with Crippen LogP contribution in [0.25, 0.3) is 0 Å². The largest absolute Gasteiger partial charge is 0.476 e. The monoisotopic (exact) mass is 327 g/mol. The van der Waals surface area contributed by atoms with E-state index in [9.17, 15) is 9.59 Å². The molecule has 0 saturated heterocycles. The van der Waals surface area contributed by atoms with E-state index in [0.717, 1.165) is 11.1 Å². The summed E-state index contributed by atoms with van der Waals surface area (Å²) in [6.45, 7) is 1.94. The SMILES string of the molecule is Cc1ccc(C(=NO)C(Br)CCC(=O)C(=O)O)cc1. The molecule has 0 heterocycles. The number of oxime groups is 1. The van der Waals surface area contributed by atoms with Gasteiger partial charge in [0.2, 0.25) is 5.78 Å². The summed E-state index contributed by atoms with van der Waals surface area (Å²) in [4.78, 5) is 21.0. The fourth-order valence-electron chi connectivity index (χ4n) is 1.53. The molecule has 102 valence electrons. The molecule has 6 heteroatoms. The van der Waals surface area contributed by atoms with Crippen LogP contribution in [0.15, 0.2) is 29.4 Å². The minimum absolute atomic E-state index is 0.115. The molecule has 1 unspecified atom stereocenters. The molecule has 0 aliphatic rings. The Hall–Kier alpha value is -1.69. The number of aryl methyl sites for hydroxylation is 1. The number of carboxylic acid groups (broad SMARTS) is 1. The third-order valence-corrected chi connectivity index (χ3v) is 3.51. The van der Waals surface area contributed by atoms with Crippen LogP contribution in [-0.2, 0) is 9.59 Å². The van der Waals surface area contributed by atoms with Crippen molar-refractivity contribution in [2.45, 2.75) is 24.6 Å². The van der Waals surface area contributed by atoms with Gasteiger partial charge in [0.15, 0.2) is 0 Å². The van der Waals surface area contributed by atoms with Gasteiger partial charge in [-0.15, -0.1) is 0 Å². The molecule has 1 atom stereocenters. The number of aliphatic carboxylic acids is 1. The molecule has 1 aromatic rings. The summed E-state index contributed by atoms with van der Waals surface area (Å²) in [5, 5.41) is 20.8. The molecule has 0 aliphatic carbocycles. The van der Waals surface area contributed by atoms with E-state index in [1.807, 2.05) is 19.1 Å². The highest BCUT2D eigenvalue weighted by Crippen LogP contribution is 2.17. The maximum atomic E-state index is 11.0. The zero-order chi connectivity index (χ0) is 14.4. The average molecular weight is 328 g/mol. The zero-order valence-electron chi connectivity index (χ0n) is 10.3. The summed E-state index contributed by atoms with van der Waals surface area (Å²) < 4.78 is 0. The highest BCUT2D eigenvalue weighted by Gasteiger charge is 2.19. The maximum absolute atomic E-state index is 11.0. The number of alkyl halides is 1. The normalized spacial score (nSPS) is 13.1. The molecule has 0 fully saturated rings. The first kappa shape index (κ1) is 15.4. The number of carbonyl (C=O) groups excluding carboxylic acids is 1. The van der Waals surface area contributed by atoms with E-state index >= 15 is 0 Å². The summed E-state index contributed by atoms with van der Waals surface area (Å²) in [7, 11) is 0. The number of nitrogens with zero attached hydrogens (tertiary/aromatic N) is 1. The standard InChI is InChI=1S/C13H14BrNO4/c1-8-2-4-9(5-3-8)12(15-19)10(14)6-7-11(16)13(17)18/h2-5,10,19H,6-7H2,1H3,(H,17,18). The van der Waals surface area contributed by atoms with Crippen LogP contribution in [0.4, 0.5) is 0 Å². The quantitative estimate of drug-likeness (QED) is 0.276. The average Bonchev–Trinajstić information content (AvgIpc) is 2.38. The second-order valence-corrected chi connectivity index (χ2v) is 5.19. The highest BCUT2D eigenvalue weighted by molar-refractivity contribution is 9.10. The van der Waals surface area contributed by atoms with Crippen molar-refractivity contribution < 1.29 is 19.9 Å². The molecular weight excluding hydrogens is 314 g/mol. The van der Waals surface area contributed by atoms with E-state index in [1.165, 1.54) is 0 Å². The molecule has 0 aromatic heterocycles. The Morgan fingerprint density at radius 2 is 1.89 bits per heavy atom. The lowest BCUT2D eigenvalue weighted by atomic mass is 10.0. The first-order valence-corrected chi connectivity index (χ1v) is 6.56. The minimum atomic E-state index is -1.45. The van der Waals surface area contributed by atoms with E-state index < -0.39 is 11.8 Å². The number of Topliss-reactive ketones (excluding diaryl/α,β-unsaturated/α-hetero) is 1. The van der Waals surface area contributed by atoms with Crippen molar-refractivity contribution in [2.75, 3.05) is 0 Å². The molecular formula is C13H14BrNO4. The number of carboxylic acids is 1. The molecule has 5 nitrogen and oxygen atoms in total. The summed E-state index contributed by atoms with van der Waals surface area (Å²) in [6, 6.07) is 7.36. The summed E-state index contributed by atoms with van der Waals surface area (Å²) in [6.07, 6.45) is 0.133. The van der Waals surface area contributed by atoms with Crippen LogP contribution in [-0.4, -0.2) is 32.6 Å². The molecule has 19 heavy (non-hydrogen) atoms. The van der Waals surface area contributed by atoms with Gasteiger partial charge in [0.25, 0.3) is 0 Å². The van der Waals surface area contributed by atoms with Gasteiger partial charge in [0.1, 0.15) is 5.71 Å². The van der Waals surface area contributed by atoms with Crippen molar-refractivity contribution >= 4 is 33.4 Å². The van der Waals surface area contributed by atoms with Gasteiger partial charge in [-0.05, 0) is 13.3 Å². The number of hydrogen-bond donors (Lipinski definition) is 2. The van der Waals surface area contributed by atoms with Crippen LogP contribution < -0.4 is 0 Å². The van der Waals surface area contributed by atoms with Crippen molar-refractivity contribution in [1.29, 1.82) is 0 Å². The second kappa shape index (κ2) is 7.04. The molecule has 2 N–H and O–H groups in total. The van der Waals surface area contributed by atoms with Crippen molar-refractivity contribution in [2.24, 2.45) is 5.16 Å². The predicted octanol–water partition coefficient (Wildman–Crippen LogP) is 2.37. The van der Waals surface area contributed by atoms with Gasteiger partial charge in [-0.3, -0.25) is 4.79 Å². The number of halogens is 1. The van der Waals surface area contributed by atoms with Gasteiger partial charge >= 0.3 is 5.97 Å². The van der Waals surface area contributed by atoms with Gasteiger partial charge in [-0.2, -0.15) is 0 Å². The third kappa shape index (κ3) is 4.48. The van der Waals surface area contributed by atoms with E-state index in [-0.39, 0.29) is 17.7 Å². The van der Waals surface area contributed by atoms with Gasteiger partial charge in [-0.25, -0.2) is 4.79 Å². The molecule has 0 radical (unpaired) electrons. The summed E-state index contributed by atoms with van der Waals surface area (Å²) in [5.41, 5.74) is 2.17. The fourth-order valence-corrected chi connectivity index (χ4v) is 2.11. The van der Waals surface area contributed by atoms with E-state index in [1.54, 1.807) is 12.1 Å². The molecule has 0 aliphatic heterocycles. The van der Waals surface area contributed by atoms with Crippen LogP contribution >= 0.6 is 15.9 Å². The Bertz CT molecular complexity index is 496. The van der Waals surface area contributed by atoms with Crippen LogP contribution in [0, 0.1) is 6.92 Å². The van der Waals surface area contributed by atoms with E-state index in [2.05, 4.69) is 21.1 Å². The van der Waals surface area contributed by atoms with Gasteiger partial charge < -0.3 is 10.3 Å². The Labute approximate surface area is 119 Å². The predicted molar refractivity (Wildman–Crippen MR) is 74.1 cm³/mol. The van der Waals surface area contributed by atoms with Crippen LogP contribution in [0.3, 0.4) is 0 Å². The Morgan fingerprint density at radius 1 is 1.32 bits per heavy atom. The Morgan fingerprint density at radius 3 is 2.37 bits per heavy atom. The number of ketones is 1. The summed E-state index contributed by atoms with van der Waals surface area (Å²) in [5.74, 6) is -2.30. The lowest BCUT2D eigenvalue weighted by Crippen LogP contribution is -2.19. The van der Waals surface area contributed by atoms with Crippen molar-refractivity contribution in [1.82, 2.24) is 0 Å². The highest BCUT2D eigenvalue weighted by atomic mass is 79.9. The van der Waals surface area contributed by atoms with Gasteiger partial charge in [0.05, 0.1) is 4.83 Å². The zero-order valence-corrected chi connectivity index (χ0v) is 11.9. The molecule has 1 aromatic carbocycles. The van der Waals surface area contributed by atoms with Crippen LogP contribution in [0.5, 0.6) is 0 Å². The van der Waals surface area contributed by atoms with Crippen molar-refractivity contribution in [3.63, 3.8) is 0 Å². The van der Waals surface area contributed by atoms with Crippen LogP contribution in [0.2, 0.25) is 0 Å². The third-order valence-electron chi connectivity index (χ3n) is 2.62. The minimum Gasteiger partial charge on any atom is -0.476 e. The Balaban J connectivity index is 2.73. The van der Waals surface area contributed by atoms with Crippen molar-refractivity contribution in [3.05, 3.63) is 35.4 Å². The number of carbonyl (C=O) groups is 2. The molecule has 0 spiro atoms. The molecule has 0 amide bonds. The van der Waals surface area contributed by atoms with E-state index in [0.29, 0.717) is 5.71 Å². The summed E-state index contributed by atoms with van der Waals surface area (Å²) >= 11 is 3.30. The molecule has 1 rings (SSSR count). The van der Waals surface area contributed by atoms with Crippen LogP contribution in [0.1, 0.15) is 24.0 Å². The van der Waals surface area contributed by atoms with Gasteiger partial charge in [-0.1, -0.05) is 50.9 Å². The fraction of sp³-hybridized carbons (Fsp3) is 0.308. The van der Waals surface area contributed by atoms with Gasteiger partial charge in [0, 0.05) is 12.0 Å². The van der Waals surface area contributed by atoms with Crippen molar-refractivity contribution in [3.8, 4) is 0 Å². The molecule has 0 bridgehead atoms. The molecule has 0 saturated carbocycles. The topological polar surface area (TPSA) is 87.0 Å². The second-order valence-electron chi connectivity index (χ2n) is 4.09. The number of hydrogen-bond acceptors (Lipinski definition) is 4. The number of rotatable bonds is 6. The van der Waals surface area contributed by atoms with E-state index in [4.69, 9.17) is 10.3 Å². The number of benzene rings is 1.